The maximum Gasteiger partial charge on any atom is 0.416 e. The van der Waals surface area contributed by atoms with Crippen LogP contribution in [0, 0.1) is 0 Å². The first-order valence-corrected chi connectivity index (χ1v) is 15.1. The molecule has 47 heavy (non-hydrogen) atoms. The molecule has 2 aromatic rings. The Hall–Kier alpha value is -2.54. The zero-order valence-corrected chi connectivity index (χ0v) is 25.5. The highest BCUT2D eigenvalue weighted by Gasteiger charge is 2.52. The van der Waals surface area contributed by atoms with Crippen LogP contribution in [-0.4, -0.2) is 94.9 Å². The van der Waals surface area contributed by atoms with E-state index in [0.29, 0.717) is 39.3 Å². The number of halogens is 7. The topological polar surface area (TPSA) is 121 Å². The fourth-order valence-electron chi connectivity index (χ4n) is 6.08. The van der Waals surface area contributed by atoms with Gasteiger partial charge in [-0.15, -0.1) is 0 Å². The summed E-state index contributed by atoms with van der Waals surface area (Å²) in [7, 11) is 1.06. The Bertz CT molecular complexity index is 1390. The third-order valence-corrected chi connectivity index (χ3v) is 8.64. The summed E-state index contributed by atoms with van der Waals surface area (Å²) in [6.45, 7) is 1.07. The van der Waals surface area contributed by atoms with E-state index < -0.39 is 78.5 Å². The summed E-state index contributed by atoms with van der Waals surface area (Å²) < 4.78 is 138. The number of aryl methyl sites for hydroxylation is 1. The van der Waals surface area contributed by atoms with E-state index in [-0.39, 0.29) is 42.6 Å². The molecule has 0 amide bonds. The second-order valence-electron chi connectivity index (χ2n) is 11.7. The van der Waals surface area contributed by atoms with Crippen LogP contribution in [0.2, 0.25) is 0 Å². The third kappa shape index (κ3) is 7.86. The van der Waals surface area contributed by atoms with E-state index in [9.17, 15) is 26.7 Å². The minimum Gasteiger partial charge on any atom is -0.463 e. The number of carbonyl (C=O) groups excluding carboxylic acids is 1. The second-order valence-corrected chi connectivity index (χ2v) is 11.7. The predicted molar refractivity (Wildman–Crippen MR) is 147 cm³/mol. The molecule has 1 aromatic carbocycles. The van der Waals surface area contributed by atoms with Gasteiger partial charge in [0.25, 0.3) is 11.8 Å². The van der Waals surface area contributed by atoms with E-state index in [1.54, 1.807) is 0 Å². The molecule has 4 saturated heterocycles. The minimum absolute atomic E-state index is 0.0251. The molecule has 4 fully saturated rings. The molecule has 4 aliphatic heterocycles. The second kappa shape index (κ2) is 13.8. The predicted octanol–water partition coefficient (Wildman–Crippen LogP) is 5.23. The summed E-state index contributed by atoms with van der Waals surface area (Å²) >= 11 is 0. The van der Waals surface area contributed by atoms with Crippen LogP contribution in [0.5, 0.6) is 0 Å². The normalized spacial score (nSPS) is 24.4. The quantitative estimate of drug-likeness (QED) is 0.306. The van der Waals surface area contributed by atoms with Gasteiger partial charge in [0.05, 0.1) is 58.9 Å². The van der Waals surface area contributed by atoms with E-state index in [1.165, 1.54) is 0 Å². The standard InChI is InChI=1S/C21H21F5O6.C9H15F2NO3/c1-28-18(27)17-13(14-10-12(21(24,25)26)2-3-15(14)32-17)4-5-20(22,23)16-11-19(6-7-29-16)30-8-9-31-19;10-9(11,6-12)7-5-8(1-2-13-7)14-3-4-15-8/h2-3,10,16H,4-9,11H2,1H3;7H,1-6,12H2. The molecule has 2 unspecified atom stereocenters. The lowest BCUT2D eigenvalue weighted by Gasteiger charge is -2.39. The van der Waals surface area contributed by atoms with E-state index in [0.717, 1.165) is 25.3 Å². The number of rotatable bonds is 7. The fourth-order valence-corrected chi connectivity index (χ4v) is 6.08. The van der Waals surface area contributed by atoms with Crippen LogP contribution in [0.3, 0.4) is 0 Å². The van der Waals surface area contributed by atoms with Crippen LogP contribution >= 0.6 is 0 Å². The number of benzene rings is 1. The van der Waals surface area contributed by atoms with Crippen molar-refractivity contribution in [2.45, 2.75) is 80.3 Å². The Morgan fingerprint density at radius 3 is 1.87 bits per heavy atom. The molecule has 0 radical (unpaired) electrons. The molecule has 4 aliphatic rings. The summed E-state index contributed by atoms with van der Waals surface area (Å²) in [4.78, 5) is 12.1. The molecule has 2 atom stereocenters. The number of alkyl halides is 7. The number of esters is 1. The highest BCUT2D eigenvalue weighted by atomic mass is 19.4. The number of nitrogens with two attached hydrogens (primary N) is 1. The first-order valence-electron chi connectivity index (χ1n) is 15.1. The first kappa shape index (κ1) is 35.8. The smallest absolute Gasteiger partial charge is 0.416 e. The maximum absolute atomic E-state index is 15.1. The van der Waals surface area contributed by atoms with Gasteiger partial charge in [-0.25, -0.2) is 22.4 Å². The Balaban J connectivity index is 0.000000241. The lowest BCUT2D eigenvalue weighted by molar-refractivity contribution is -0.258. The molecular formula is C30H36F7NO9. The van der Waals surface area contributed by atoms with Crippen LogP contribution in [0.1, 0.15) is 53.8 Å². The van der Waals surface area contributed by atoms with Crippen molar-refractivity contribution < 1.29 is 73.1 Å². The number of methoxy groups -OCH3 is 1. The molecule has 0 saturated carbocycles. The van der Waals surface area contributed by atoms with Crippen molar-refractivity contribution in [1.82, 2.24) is 0 Å². The largest absolute Gasteiger partial charge is 0.463 e. The monoisotopic (exact) mass is 687 g/mol. The van der Waals surface area contributed by atoms with Gasteiger partial charge in [-0.05, 0) is 24.6 Å². The third-order valence-electron chi connectivity index (χ3n) is 8.64. The number of hydrogen-bond acceptors (Lipinski definition) is 10. The summed E-state index contributed by atoms with van der Waals surface area (Å²) in [5.74, 6) is -9.70. The van der Waals surface area contributed by atoms with Crippen LogP contribution in [0.25, 0.3) is 11.0 Å². The summed E-state index contributed by atoms with van der Waals surface area (Å²) in [5, 5.41) is -0.0699. The summed E-state index contributed by atoms with van der Waals surface area (Å²) in [6, 6.07) is 2.63. The van der Waals surface area contributed by atoms with Crippen molar-refractivity contribution in [3.8, 4) is 0 Å². The van der Waals surface area contributed by atoms with Crippen LogP contribution in [0.4, 0.5) is 30.7 Å². The van der Waals surface area contributed by atoms with Crippen molar-refractivity contribution in [2.75, 3.05) is 53.3 Å². The Morgan fingerprint density at radius 1 is 0.851 bits per heavy atom. The number of hydrogen-bond donors (Lipinski definition) is 1. The van der Waals surface area contributed by atoms with Crippen LogP contribution in [0.15, 0.2) is 22.6 Å². The van der Waals surface area contributed by atoms with E-state index in [4.69, 9.17) is 38.6 Å². The fraction of sp³-hybridized carbons (Fsp3) is 0.700. The average Bonchev–Trinajstić information content (AvgIpc) is 3.78. The van der Waals surface area contributed by atoms with Gasteiger partial charge >= 0.3 is 12.1 Å². The van der Waals surface area contributed by atoms with E-state index >= 15 is 8.78 Å². The number of fused-ring (bicyclic) bond motifs is 1. The van der Waals surface area contributed by atoms with E-state index in [2.05, 4.69) is 4.74 Å². The molecule has 264 valence electrons. The van der Waals surface area contributed by atoms with E-state index in [1.807, 2.05) is 0 Å². The van der Waals surface area contributed by atoms with Crippen molar-refractivity contribution in [3.05, 3.63) is 35.1 Å². The minimum atomic E-state index is -4.65. The van der Waals surface area contributed by atoms with Crippen molar-refractivity contribution >= 4 is 16.9 Å². The molecule has 17 heteroatoms. The Labute approximate surface area is 264 Å². The zero-order valence-electron chi connectivity index (χ0n) is 25.5. The van der Waals surface area contributed by atoms with Gasteiger partial charge in [-0.1, -0.05) is 0 Å². The molecule has 0 aliphatic carbocycles. The van der Waals surface area contributed by atoms with Crippen LogP contribution < -0.4 is 5.73 Å². The number of carbonyl (C=O) groups is 1. The molecule has 2 N–H and O–H groups in total. The summed E-state index contributed by atoms with van der Waals surface area (Å²) in [6.07, 6.45) is -7.85. The van der Waals surface area contributed by atoms with Gasteiger partial charge < -0.3 is 43.3 Å². The highest BCUT2D eigenvalue weighted by Crippen LogP contribution is 2.42. The van der Waals surface area contributed by atoms with Gasteiger partial charge in [-0.3, -0.25) is 0 Å². The molecular weight excluding hydrogens is 651 g/mol. The SMILES string of the molecule is COC(=O)c1oc2ccc(C(F)(F)F)cc2c1CCC(F)(F)C1CC2(CCO1)OCCO2.NCC(F)(F)C1CC2(CCO1)OCCO2. The van der Waals surface area contributed by atoms with Crippen molar-refractivity contribution in [2.24, 2.45) is 5.73 Å². The Kier molecular flexibility index (Phi) is 10.5. The average molecular weight is 688 g/mol. The lowest BCUT2D eigenvalue weighted by atomic mass is 9.93. The number of furan rings is 1. The first-order chi connectivity index (χ1) is 22.1. The lowest BCUT2D eigenvalue weighted by Crippen LogP contribution is -2.51. The van der Waals surface area contributed by atoms with Gasteiger partial charge in [0, 0.05) is 43.1 Å². The van der Waals surface area contributed by atoms with Gasteiger partial charge in [-0.2, -0.15) is 13.2 Å². The molecule has 1 aromatic heterocycles. The van der Waals surface area contributed by atoms with Gasteiger partial charge in [0.15, 0.2) is 11.6 Å². The molecule has 6 rings (SSSR count). The summed E-state index contributed by atoms with van der Waals surface area (Å²) in [5.41, 5.74) is 3.93. The molecule has 0 bridgehead atoms. The molecule has 5 heterocycles. The van der Waals surface area contributed by atoms with Crippen molar-refractivity contribution in [1.29, 1.82) is 0 Å². The zero-order chi connectivity index (χ0) is 34.1. The van der Waals surface area contributed by atoms with Gasteiger partial charge in [0.1, 0.15) is 17.8 Å². The highest BCUT2D eigenvalue weighted by molar-refractivity contribution is 5.96. The molecule has 10 nitrogen and oxygen atoms in total. The molecule has 2 spiro atoms. The Morgan fingerprint density at radius 2 is 1.38 bits per heavy atom. The maximum atomic E-state index is 15.1. The van der Waals surface area contributed by atoms with Crippen LogP contribution in [-0.2, 0) is 45.8 Å². The van der Waals surface area contributed by atoms with Gasteiger partial charge in [0.2, 0.25) is 5.76 Å². The number of ether oxygens (including phenoxy) is 7. The van der Waals surface area contributed by atoms with Crippen molar-refractivity contribution in [3.63, 3.8) is 0 Å².